The highest BCUT2D eigenvalue weighted by molar-refractivity contribution is 5.73. The summed E-state index contributed by atoms with van der Waals surface area (Å²) in [4.78, 5) is 11.6. The van der Waals surface area contributed by atoms with E-state index in [-0.39, 0.29) is 31.3 Å². The molecule has 2 aromatic heterocycles. The summed E-state index contributed by atoms with van der Waals surface area (Å²) in [5, 5.41) is 12.8. The summed E-state index contributed by atoms with van der Waals surface area (Å²) in [6.07, 6.45) is -2.14. The van der Waals surface area contributed by atoms with Crippen molar-refractivity contribution in [1.82, 2.24) is 15.0 Å². The summed E-state index contributed by atoms with van der Waals surface area (Å²) in [7, 11) is 0. The Hall–Kier alpha value is -2.86. The van der Waals surface area contributed by atoms with Crippen LogP contribution < -0.4 is 15.8 Å². The SMILES string of the molecule is N[C@]12OC[C@@H](O)[C@H]1OC[C@@H]2Oc1nc2nc(NCc3c(F)cccc3F)ccc2[nH]1. The molecule has 5 rings (SSSR count). The quantitative estimate of drug-likeness (QED) is 0.483. The summed E-state index contributed by atoms with van der Waals surface area (Å²) < 4.78 is 44.4. The standard InChI is InChI=1S/C19H19F2N5O4/c20-10-2-1-3-11(21)9(10)6-23-15-5-4-12-17(25-15)26-18(24-12)30-14-8-28-16-13(27)7-29-19(14,16)22/h1-5,13-14,16,27H,6-8,22H2,(H2,23,24,25,26)/t13-,14+,16-,19-/m1/s1. The number of pyridine rings is 1. The van der Waals surface area contributed by atoms with Crippen LogP contribution in [-0.2, 0) is 16.0 Å². The fraction of sp³-hybridized carbons (Fsp3) is 0.368. The Morgan fingerprint density at radius 2 is 2.03 bits per heavy atom. The van der Waals surface area contributed by atoms with Crippen molar-refractivity contribution in [2.45, 2.75) is 30.6 Å². The van der Waals surface area contributed by atoms with Gasteiger partial charge in [0, 0.05) is 12.1 Å². The Morgan fingerprint density at radius 3 is 2.83 bits per heavy atom. The van der Waals surface area contributed by atoms with E-state index >= 15 is 0 Å². The summed E-state index contributed by atoms with van der Waals surface area (Å²) >= 11 is 0. The van der Waals surface area contributed by atoms with Crippen LogP contribution in [-0.4, -0.2) is 57.3 Å². The highest BCUT2D eigenvalue weighted by atomic mass is 19.1. The molecule has 0 saturated carbocycles. The van der Waals surface area contributed by atoms with E-state index in [0.717, 1.165) is 0 Å². The van der Waals surface area contributed by atoms with Crippen molar-refractivity contribution in [2.75, 3.05) is 18.5 Å². The van der Waals surface area contributed by atoms with Gasteiger partial charge in [-0.1, -0.05) is 6.07 Å². The fourth-order valence-corrected chi connectivity index (χ4v) is 3.70. The number of H-pyrrole nitrogens is 1. The molecule has 1 aromatic carbocycles. The van der Waals surface area contributed by atoms with E-state index < -0.39 is 35.7 Å². The van der Waals surface area contributed by atoms with Gasteiger partial charge < -0.3 is 29.6 Å². The van der Waals surface area contributed by atoms with E-state index in [1.807, 2.05) is 0 Å². The van der Waals surface area contributed by atoms with Gasteiger partial charge in [-0.05, 0) is 24.3 Å². The Morgan fingerprint density at radius 1 is 1.23 bits per heavy atom. The number of hydrogen-bond donors (Lipinski definition) is 4. The van der Waals surface area contributed by atoms with Crippen molar-refractivity contribution in [3.8, 4) is 6.01 Å². The molecule has 2 aliphatic rings. The molecule has 30 heavy (non-hydrogen) atoms. The number of anilines is 1. The van der Waals surface area contributed by atoms with Crippen molar-refractivity contribution >= 4 is 17.0 Å². The molecule has 3 aromatic rings. The van der Waals surface area contributed by atoms with Crippen molar-refractivity contribution < 1.29 is 28.1 Å². The predicted octanol–water partition coefficient (Wildman–Crippen LogP) is 1.04. The third kappa shape index (κ3) is 3.16. The second kappa shape index (κ2) is 7.13. The lowest BCUT2D eigenvalue weighted by Gasteiger charge is -2.27. The third-order valence-corrected chi connectivity index (χ3v) is 5.31. The zero-order chi connectivity index (χ0) is 20.9. The van der Waals surface area contributed by atoms with E-state index in [0.29, 0.717) is 17.0 Å². The maximum absolute atomic E-state index is 13.8. The van der Waals surface area contributed by atoms with Crippen LogP contribution in [0.4, 0.5) is 14.6 Å². The van der Waals surface area contributed by atoms with Crippen molar-refractivity contribution in [2.24, 2.45) is 5.73 Å². The number of benzene rings is 1. The molecule has 0 amide bonds. The van der Waals surface area contributed by atoms with Crippen molar-refractivity contribution in [3.63, 3.8) is 0 Å². The average molecular weight is 419 g/mol. The largest absolute Gasteiger partial charge is 0.454 e. The van der Waals surface area contributed by atoms with E-state index in [2.05, 4.69) is 20.3 Å². The van der Waals surface area contributed by atoms with Crippen LogP contribution >= 0.6 is 0 Å². The van der Waals surface area contributed by atoms with E-state index in [1.54, 1.807) is 12.1 Å². The normalized spacial score (nSPS) is 28.1. The predicted molar refractivity (Wildman–Crippen MR) is 101 cm³/mol. The second-order valence-corrected chi connectivity index (χ2v) is 7.26. The van der Waals surface area contributed by atoms with Gasteiger partial charge >= 0.3 is 0 Å². The average Bonchev–Trinajstić information content (AvgIpc) is 3.35. The number of hydrogen-bond acceptors (Lipinski definition) is 8. The van der Waals surface area contributed by atoms with E-state index in [9.17, 15) is 13.9 Å². The molecule has 2 aliphatic heterocycles. The first kappa shape index (κ1) is 19.1. The molecule has 2 fully saturated rings. The lowest BCUT2D eigenvalue weighted by atomic mass is 10.0. The first-order valence-corrected chi connectivity index (χ1v) is 9.37. The molecule has 0 bridgehead atoms. The van der Waals surface area contributed by atoms with Crippen LogP contribution in [0.5, 0.6) is 6.01 Å². The number of imidazole rings is 1. The number of aromatic nitrogens is 3. The monoisotopic (exact) mass is 419 g/mol. The number of halogens is 2. The van der Waals surface area contributed by atoms with E-state index in [1.165, 1.54) is 18.2 Å². The molecule has 2 saturated heterocycles. The maximum Gasteiger partial charge on any atom is 0.296 e. The summed E-state index contributed by atoms with van der Waals surface area (Å²) in [5.74, 6) is -0.873. The first-order valence-electron chi connectivity index (χ1n) is 9.37. The molecule has 5 N–H and O–H groups in total. The highest BCUT2D eigenvalue weighted by Crippen LogP contribution is 2.35. The lowest BCUT2D eigenvalue weighted by Crippen LogP contribution is -2.57. The highest BCUT2D eigenvalue weighted by Gasteiger charge is 2.59. The summed E-state index contributed by atoms with van der Waals surface area (Å²) in [6.45, 7) is 0.144. The molecular formula is C19H19F2N5O4. The van der Waals surface area contributed by atoms with Crippen LogP contribution in [0.2, 0.25) is 0 Å². The van der Waals surface area contributed by atoms with Gasteiger partial charge in [0.15, 0.2) is 17.5 Å². The molecule has 11 heteroatoms. The first-order chi connectivity index (χ1) is 14.4. The van der Waals surface area contributed by atoms with Gasteiger partial charge in [0.2, 0.25) is 0 Å². The third-order valence-electron chi connectivity index (χ3n) is 5.31. The number of ether oxygens (including phenoxy) is 3. The van der Waals surface area contributed by atoms with Gasteiger partial charge in [-0.15, -0.1) is 0 Å². The Kier molecular flexibility index (Phi) is 4.54. The molecule has 0 spiro atoms. The van der Waals surface area contributed by atoms with Crippen LogP contribution in [0, 0.1) is 11.6 Å². The zero-order valence-electron chi connectivity index (χ0n) is 15.6. The summed E-state index contributed by atoms with van der Waals surface area (Å²) in [6, 6.07) is 7.23. The number of rotatable bonds is 5. The van der Waals surface area contributed by atoms with Crippen molar-refractivity contribution in [3.05, 3.63) is 47.5 Å². The van der Waals surface area contributed by atoms with Crippen LogP contribution in [0.15, 0.2) is 30.3 Å². The summed E-state index contributed by atoms with van der Waals surface area (Å²) in [5.41, 5.74) is 5.83. The minimum atomic E-state index is -1.26. The molecule has 4 heterocycles. The number of aliphatic hydroxyl groups is 1. The van der Waals surface area contributed by atoms with Crippen LogP contribution in [0.25, 0.3) is 11.2 Å². The Balaban J connectivity index is 1.31. The number of nitrogens with two attached hydrogens (primary N) is 1. The minimum Gasteiger partial charge on any atom is -0.454 e. The fourth-order valence-electron chi connectivity index (χ4n) is 3.70. The van der Waals surface area contributed by atoms with Gasteiger partial charge in [0.1, 0.15) is 29.7 Å². The molecule has 9 nitrogen and oxygen atoms in total. The molecule has 0 aliphatic carbocycles. The van der Waals surface area contributed by atoms with Gasteiger partial charge in [-0.25, -0.2) is 13.8 Å². The van der Waals surface area contributed by atoms with Gasteiger partial charge in [0.25, 0.3) is 6.01 Å². The zero-order valence-corrected chi connectivity index (χ0v) is 15.6. The molecule has 0 unspecified atom stereocenters. The second-order valence-electron chi connectivity index (χ2n) is 7.26. The van der Waals surface area contributed by atoms with Gasteiger partial charge in [-0.3, -0.25) is 5.73 Å². The Labute approximate surface area is 169 Å². The number of nitrogens with one attached hydrogen (secondary N) is 2. The molecule has 0 radical (unpaired) electrons. The van der Waals surface area contributed by atoms with Gasteiger partial charge in [-0.2, -0.15) is 4.98 Å². The smallest absolute Gasteiger partial charge is 0.296 e. The topological polar surface area (TPSA) is 128 Å². The minimum absolute atomic E-state index is 0.0685. The number of aromatic amines is 1. The van der Waals surface area contributed by atoms with Crippen LogP contribution in [0.1, 0.15) is 5.56 Å². The molecule has 158 valence electrons. The lowest BCUT2D eigenvalue weighted by molar-refractivity contribution is -0.0647. The van der Waals surface area contributed by atoms with Crippen LogP contribution in [0.3, 0.4) is 0 Å². The number of fused-ring (bicyclic) bond motifs is 2. The molecular weight excluding hydrogens is 400 g/mol. The van der Waals surface area contributed by atoms with E-state index in [4.69, 9.17) is 19.9 Å². The Bertz CT molecular complexity index is 1080. The van der Waals surface area contributed by atoms with Gasteiger partial charge in [0.05, 0.1) is 18.7 Å². The number of nitrogens with zero attached hydrogens (tertiary/aromatic N) is 2. The maximum atomic E-state index is 13.8. The number of aliphatic hydroxyl groups excluding tert-OH is 1. The molecule has 4 atom stereocenters. The van der Waals surface area contributed by atoms with Crippen molar-refractivity contribution in [1.29, 1.82) is 0 Å².